The number of hydrogen-bond donors (Lipinski definition) is 1. The topological polar surface area (TPSA) is 83.0 Å². The molecule has 1 amide bonds. The van der Waals surface area contributed by atoms with Gasteiger partial charge in [-0.25, -0.2) is 0 Å². The van der Waals surface area contributed by atoms with Crippen molar-refractivity contribution in [3.63, 3.8) is 0 Å². The molecule has 0 aliphatic heterocycles. The van der Waals surface area contributed by atoms with Gasteiger partial charge in [-0.2, -0.15) is 5.10 Å². The molecule has 0 atom stereocenters. The highest BCUT2D eigenvalue weighted by atomic mass is 19.4. The molecule has 3 aromatic rings. The zero-order valence-corrected chi connectivity index (χ0v) is 12.1. The van der Waals surface area contributed by atoms with Crippen molar-refractivity contribution in [2.75, 3.05) is 0 Å². The normalized spacial score (nSPS) is 11.6. The third-order valence-electron chi connectivity index (χ3n) is 3.19. The number of carbonyl (C=O) groups is 1. The largest absolute Gasteiger partial charge is 0.573 e. The second kappa shape index (κ2) is 5.84. The lowest BCUT2D eigenvalue weighted by atomic mass is 10.2. The Balaban J connectivity index is 1.89. The molecule has 0 radical (unpaired) electrons. The van der Waals surface area contributed by atoms with Gasteiger partial charge in [-0.3, -0.25) is 14.5 Å². The van der Waals surface area contributed by atoms with Gasteiger partial charge in [0.2, 0.25) is 0 Å². The Morgan fingerprint density at radius 2 is 2.08 bits per heavy atom. The van der Waals surface area contributed by atoms with E-state index in [4.69, 9.17) is 5.73 Å². The average molecular weight is 336 g/mol. The summed E-state index contributed by atoms with van der Waals surface area (Å²) >= 11 is 0. The zero-order chi connectivity index (χ0) is 17.3. The molecule has 0 bridgehead atoms. The summed E-state index contributed by atoms with van der Waals surface area (Å²) < 4.78 is 42.2. The van der Waals surface area contributed by atoms with Crippen molar-refractivity contribution in [2.45, 2.75) is 12.9 Å². The number of nitrogens with two attached hydrogens (primary N) is 1. The Bertz CT molecular complexity index is 905. The summed E-state index contributed by atoms with van der Waals surface area (Å²) in [5.41, 5.74) is 6.42. The maximum absolute atomic E-state index is 12.3. The molecule has 24 heavy (non-hydrogen) atoms. The number of primary amides is 1. The van der Waals surface area contributed by atoms with E-state index in [1.54, 1.807) is 18.3 Å². The molecule has 9 heteroatoms. The minimum Gasteiger partial charge on any atom is -0.406 e. The van der Waals surface area contributed by atoms with E-state index >= 15 is 0 Å². The molecule has 2 heterocycles. The number of amides is 1. The number of pyridine rings is 1. The highest BCUT2D eigenvalue weighted by Gasteiger charge is 2.31. The first-order valence-electron chi connectivity index (χ1n) is 6.78. The molecule has 0 aliphatic rings. The maximum Gasteiger partial charge on any atom is 0.573 e. The van der Waals surface area contributed by atoms with Crippen molar-refractivity contribution in [3.05, 3.63) is 54.0 Å². The molecule has 0 spiro atoms. The van der Waals surface area contributed by atoms with Gasteiger partial charge in [0.15, 0.2) is 0 Å². The van der Waals surface area contributed by atoms with Crippen molar-refractivity contribution in [3.8, 4) is 5.75 Å². The lowest BCUT2D eigenvalue weighted by Gasteiger charge is -2.10. The van der Waals surface area contributed by atoms with Crippen molar-refractivity contribution in [1.82, 2.24) is 14.8 Å². The van der Waals surface area contributed by atoms with Gasteiger partial charge < -0.3 is 10.5 Å². The fourth-order valence-electron chi connectivity index (χ4n) is 2.30. The van der Waals surface area contributed by atoms with Crippen LogP contribution in [0.5, 0.6) is 5.75 Å². The van der Waals surface area contributed by atoms with Crippen LogP contribution in [0.1, 0.15) is 16.1 Å². The number of rotatable bonds is 4. The maximum atomic E-state index is 12.3. The van der Waals surface area contributed by atoms with Crippen LogP contribution in [0.2, 0.25) is 0 Å². The van der Waals surface area contributed by atoms with Crippen LogP contribution in [0.4, 0.5) is 13.2 Å². The average Bonchev–Trinajstić information content (AvgIpc) is 2.87. The third-order valence-corrected chi connectivity index (χ3v) is 3.19. The third kappa shape index (κ3) is 3.45. The molecule has 0 saturated heterocycles. The number of fused-ring (bicyclic) bond motifs is 1. The summed E-state index contributed by atoms with van der Waals surface area (Å²) in [6, 6.07) is 7.19. The minimum absolute atomic E-state index is 0.0907. The van der Waals surface area contributed by atoms with E-state index in [1.165, 1.54) is 29.1 Å². The Labute approximate surface area is 133 Å². The number of nitrogens with zero attached hydrogens (tertiary/aromatic N) is 3. The molecule has 2 N–H and O–H groups in total. The summed E-state index contributed by atoms with van der Waals surface area (Å²) in [4.78, 5) is 15.3. The number of halogens is 3. The van der Waals surface area contributed by atoms with Gasteiger partial charge in [0.25, 0.3) is 5.91 Å². The lowest BCUT2D eigenvalue weighted by Crippen LogP contribution is -2.17. The fraction of sp³-hybridized carbons (Fsp3) is 0.133. The fourth-order valence-corrected chi connectivity index (χ4v) is 2.30. The first-order chi connectivity index (χ1) is 11.3. The van der Waals surface area contributed by atoms with E-state index in [9.17, 15) is 18.0 Å². The standard InChI is InChI=1S/C15H11F3N4O2/c16-15(17,18)24-10-3-1-2-9(6-10)7-22-8-11-12(21-22)4-5-20-13(11)14(19)23/h1-6,8H,7H2,(H2,19,23). The quantitative estimate of drug-likeness (QED) is 0.793. The van der Waals surface area contributed by atoms with E-state index in [2.05, 4.69) is 14.8 Å². The summed E-state index contributed by atoms with van der Waals surface area (Å²) in [5, 5.41) is 4.74. The number of aromatic nitrogens is 3. The number of alkyl halides is 3. The molecule has 1 aromatic carbocycles. The summed E-state index contributed by atoms with van der Waals surface area (Å²) in [6.45, 7) is 0.196. The van der Waals surface area contributed by atoms with Gasteiger partial charge in [0, 0.05) is 12.4 Å². The van der Waals surface area contributed by atoms with Crippen LogP contribution in [0, 0.1) is 0 Å². The predicted molar refractivity (Wildman–Crippen MR) is 78.3 cm³/mol. The van der Waals surface area contributed by atoms with E-state index < -0.39 is 12.3 Å². The molecule has 6 nitrogen and oxygen atoms in total. The van der Waals surface area contributed by atoms with Crippen molar-refractivity contribution >= 4 is 16.8 Å². The van der Waals surface area contributed by atoms with Crippen LogP contribution in [0.15, 0.2) is 42.7 Å². The molecule has 2 aromatic heterocycles. The molecule has 0 aliphatic carbocycles. The number of ether oxygens (including phenoxy) is 1. The Morgan fingerprint density at radius 1 is 1.29 bits per heavy atom. The van der Waals surface area contributed by atoms with Crippen molar-refractivity contribution < 1.29 is 22.7 Å². The second-order valence-corrected chi connectivity index (χ2v) is 4.98. The van der Waals surface area contributed by atoms with Gasteiger partial charge in [-0.1, -0.05) is 12.1 Å². The summed E-state index contributed by atoms with van der Waals surface area (Å²) in [7, 11) is 0. The van der Waals surface area contributed by atoms with Crippen molar-refractivity contribution in [1.29, 1.82) is 0 Å². The molecule has 0 fully saturated rings. The number of benzene rings is 1. The number of carbonyl (C=O) groups excluding carboxylic acids is 1. The first kappa shape index (κ1) is 15.8. The van der Waals surface area contributed by atoms with E-state index in [0.29, 0.717) is 16.5 Å². The van der Waals surface area contributed by atoms with E-state index in [1.807, 2.05) is 0 Å². The van der Waals surface area contributed by atoms with Crippen LogP contribution in [-0.2, 0) is 6.54 Å². The number of hydrogen-bond acceptors (Lipinski definition) is 4. The lowest BCUT2D eigenvalue weighted by molar-refractivity contribution is -0.274. The Hall–Kier alpha value is -3.10. The van der Waals surface area contributed by atoms with Crippen LogP contribution in [-0.4, -0.2) is 27.0 Å². The van der Waals surface area contributed by atoms with Gasteiger partial charge >= 0.3 is 6.36 Å². The van der Waals surface area contributed by atoms with E-state index in [0.717, 1.165) is 0 Å². The second-order valence-electron chi connectivity index (χ2n) is 4.98. The minimum atomic E-state index is -4.75. The molecule has 0 saturated carbocycles. The zero-order valence-electron chi connectivity index (χ0n) is 12.1. The van der Waals surface area contributed by atoms with Gasteiger partial charge in [-0.15, -0.1) is 13.2 Å². The molecule has 3 rings (SSSR count). The monoisotopic (exact) mass is 336 g/mol. The van der Waals surface area contributed by atoms with Crippen LogP contribution < -0.4 is 10.5 Å². The summed E-state index contributed by atoms with van der Waals surface area (Å²) in [5.74, 6) is -0.989. The summed E-state index contributed by atoms with van der Waals surface area (Å²) in [6.07, 6.45) is -1.77. The molecule has 124 valence electrons. The smallest absolute Gasteiger partial charge is 0.406 e. The van der Waals surface area contributed by atoms with Crippen molar-refractivity contribution in [2.24, 2.45) is 5.73 Å². The SMILES string of the molecule is NC(=O)c1nccc2nn(Cc3cccc(OC(F)(F)F)c3)cc12. The van der Waals surface area contributed by atoms with Crippen LogP contribution in [0.3, 0.4) is 0 Å². The van der Waals surface area contributed by atoms with E-state index in [-0.39, 0.29) is 18.0 Å². The van der Waals surface area contributed by atoms with Crippen LogP contribution >= 0.6 is 0 Å². The highest BCUT2D eigenvalue weighted by Crippen LogP contribution is 2.24. The molecular formula is C15H11F3N4O2. The Morgan fingerprint density at radius 3 is 2.79 bits per heavy atom. The van der Waals surface area contributed by atoms with Gasteiger partial charge in [0.05, 0.1) is 17.4 Å². The molecular weight excluding hydrogens is 325 g/mol. The van der Waals surface area contributed by atoms with Crippen LogP contribution in [0.25, 0.3) is 10.9 Å². The molecule has 0 unspecified atom stereocenters. The van der Waals surface area contributed by atoms with Gasteiger partial charge in [0.1, 0.15) is 11.4 Å². The van der Waals surface area contributed by atoms with Gasteiger partial charge in [-0.05, 0) is 23.8 Å². The first-order valence-corrected chi connectivity index (χ1v) is 6.78. The highest BCUT2D eigenvalue weighted by molar-refractivity contribution is 6.03. The predicted octanol–water partition coefficient (Wildman–Crippen LogP) is 2.48. The Kier molecular flexibility index (Phi) is 3.84.